The van der Waals surface area contributed by atoms with Gasteiger partial charge < -0.3 is 9.47 Å². The Labute approximate surface area is 199 Å². The van der Waals surface area contributed by atoms with Crippen LogP contribution in [-0.2, 0) is 13.0 Å². The molecule has 34 heavy (non-hydrogen) atoms. The molecular weight excluding hydrogens is 441 g/mol. The third-order valence-corrected chi connectivity index (χ3v) is 5.45. The van der Waals surface area contributed by atoms with Gasteiger partial charge in [-0.15, -0.1) is 13.2 Å². The molecule has 0 unspecified atom stereocenters. The largest absolute Gasteiger partial charge is 0.573 e. The van der Waals surface area contributed by atoms with E-state index in [1.165, 1.54) is 69.2 Å². The highest BCUT2D eigenvalue weighted by Gasteiger charge is 2.30. The summed E-state index contributed by atoms with van der Waals surface area (Å²) >= 11 is 0. The monoisotopic (exact) mass is 472 g/mol. The van der Waals surface area contributed by atoms with Crippen LogP contribution in [0.25, 0.3) is 11.4 Å². The first kappa shape index (κ1) is 25.5. The minimum Gasteiger partial charge on any atom is -0.489 e. The summed E-state index contributed by atoms with van der Waals surface area (Å²) in [6, 6.07) is 13.0. The van der Waals surface area contributed by atoms with E-state index in [1.54, 1.807) is 0 Å². The fourth-order valence-corrected chi connectivity index (χ4v) is 3.57. The molecule has 2 aromatic carbocycles. The number of hydrogen-bond acceptors (Lipinski definition) is 4. The molecule has 4 nitrogen and oxygen atoms in total. The minimum absolute atomic E-state index is 0.232. The Morgan fingerprint density at radius 2 is 1.29 bits per heavy atom. The fourth-order valence-electron chi connectivity index (χ4n) is 3.57. The first-order valence-corrected chi connectivity index (χ1v) is 11.8. The molecule has 3 rings (SSSR count). The molecule has 0 atom stereocenters. The zero-order valence-electron chi connectivity index (χ0n) is 19.5. The summed E-state index contributed by atoms with van der Waals surface area (Å²) in [6.45, 7) is 2.47. The Balaban J connectivity index is 1.43. The topological polar surface area (TPSA) is 44.2 Å². The maximum absolute atomic E-state index is 12.2. The van der Waals surface area contributed by atoms with Crippen molar-refractivity contribution in [1.82, 2.24) is 9.97 Å². The second-order valence-electron chi connectivity index (χ2n) is 8.29. The average molecular weight is 473 g/mol. The Kier molecular flexibility index (Phi) is 9.74. The number of ether oxygens (including phenoxy) is 2. The summed E-state index contributed by atoms with van der Waals surface area (Å²) in [5.74, 6) is 1.05. The number of aromatic nitrogens is 2. The first-order valence-electron chi connectivity index (χ1n) is 11.8. The molecule has 0 aliphatic carbocycles. The predicted molar refractivity (Wildman–Crippen MR) is 127 cm³/mol. The second-order valence-corrected chi connectivity index (χ2v) is 8.29. The van der Waals surface area contributed by atoms with E-state index in [4.69, 9.17) is 4.74 Å². The molecule has 7 heteroatoms. The number of halogens is 3. The van der Waals surface area contributed by atoms with Gasteiger partial charge in [-0.2, -0.15) is 0 Å². The molecule has 0 saturated heterocycles. The van der Waals surface area contributed by atoms with Gasteiger partial charge in [-0.1, -0.05) is 57.6 Å². The van der Waals surface area contributed by atoms with Crippen molar-refractivity contribution in [2.24, 2.45) is 0 Å². The van der Waals surface area contributed by atoms with Crippen molar-refractivity contribution in [2.75, 3.05) is 0 Å². The number of benzene rings is 2. The molecule has 0 amide bonds. The standard InChI is InChI=1S/C27H31F3N2O2/c1-2-3-4-5-6-7-8-9-22-18-31-26(32-19-22)23-12-16-24(17-13-23)33-20-21-10-14-25(15-11-21)34-27(28,29)30/h10-19H,2-9,20H2,1H3. The van der Waals surface area contributed by atoms with Gasteiger partial charge in [0, 0.05) is 18.0 Å². The molecule has 0 bridgehead atoms. The number of hydrogen-bond donors (Lipinski definition) is 0. The van der Waals surface area contributed by atoms with Crippen LogP contribution in [0, 0.1) is 0 Å². The highest BCUT2D eigenvalue weighted by molar-refractivity contribution is 5.55. The lowest BCUT2D eigenvalue weighted by Crippen LogP contribution is -2.17. The molecule has 0 radical (unpaired) electrons. The van der Waals surface area contributed by atoms with Crippen LogP contribution in [-0.4, -0.2) is 16.3 Å². The van der Waals surface area contributed by atoms with Crippen molar-refractivity contribution in [3.8, 4) is 22.9 Å². The van der Waals surface area contributed by atoms with Crippen LogP contribution in [0.15, 0.2) is 60.9 Å². The fraction of sp³-hybridized carbons (Fsp3) is 0.407. The normalized spacial score (nSPS) is 11.4. The molecule has 0 fully saturated rings. The van der Waals surface area contributed by atoms with E-state index in [9.17, 15) is 13.2 Å². The molecule has 182 valence electrons. The predicted octanol–water partition coefficient (Wildman–Crippen LogP) is 7.91. The lowest BCUT2D eigenvalue weighted by Gasteiger charge is -2.10. The van der Waals surface area contributed by atoms with Crippen molar-refractivity contribution < 1.29 is 22.6 Å². The maximum atomic E-state index is 12.2. The van der Waals surface area contributed by atoms with Crippen molar-refractivity contribution in [3.63, 3.8) is 0 Å². The Bertz CT molecular complexity index is 973. The third kappa shape index (κ3) is 9.04. The van der Waals surface area contributed by atoms with Gasteiger partial charge in [0.1, 0.15) is 18.1 Å². The SMILES string of the molecule is CCCCCCCCCc1cnc(-c2ccc(OCc3ccc(OC(F)(F)F)cc3)cc2)nc1. The smallest absolute Gasteiger partial charge is 0.489 e. The van der Waals surface area contributed by atoms with Crippen LogP contribution >= 0.6 is 0 Å². The molecule has 0 aliphatic rings. The highest BCUT2D eigenvalue weighted by Crippen LogP contribution is 2.24. The number of nitrogens with zero attached hydrogens (tertiary/aromatic N) is 2. The van der Waals surface area contributed by atoms with Crippen LogP contribution in [0.3, 0.4) is 0 Å². The molecule has 3 aromatic rings. The first-order chi connectivity index (χ1) is 16.4. The van der Waals surface area contributed by atoms with Gasteiger partial charge in [-0.3, -0.25) is 0 Å². The van der Waals surface area contributed by atoms with Crippen molar-refractivity contribution in [2.45, 2.75) is 71.3 Å². The van der Waals surface area contributed by atoms with E-state index in [1.807, 2.05) is 36.7 Å². The van der Waals surface area contributed by atoms with Gasteiger partial charge in [0.2, 0.25) is 0 Å². The number of aryl methyl sites for hydroxylation is 1. The number of alkyl halides is 3. The molecule has 0 N–H and O–H groups in total. The van der Waals surface area contributed by atoms with Gasteiger partial charge in [0.25, 0.3) is 0 Å². The zero-order chi connectivity index (χ0) is 24.2. The van der Waals surface area contributed by atoms with Crippen molar-refractivity contribution >= 4 is 0 Å². The number of rotatable bonds is 13. The highest BCUT2D eigenvalue weighted by atomic mass is 19.4. The molecular formula is C27H31F3N2O2. The summed E-state index contributed by atoms with van der Waals surface area (Å²) in [5, 5.41) is 0. The average Bonchev–Trinajstić information content (AvgIpc) is 2.83. The van der Waals surface area contributed by atoms with Gasteiger partial charge in [-0.05, 0) is 60.4 Å². The Morgan fingerprint density at radius 3 is 1.91 bits per heavy atom. The molecule has 1 aromatic heterocycles. The lowest BCUT2D eigenvalue weighted by molar-refractivity contribution is -0.274. The molecule has 1 heterocycles. The van der Waals surface area contributed by atoms with Gasteiger partial charge in [0.05, 0.1) is 0 Å². The van der Waals surface area contributed by atoms with E-state index in [0.717, 1.165) is 23.1 Å². The molecule has 0 saturated carbocycles. The minimum atomic E-state index is -4.70. The van der Waals surface area contributed by atoms with E-state index >= 15 is 0 Å². The maximum Gasteiger partial charge on any atom is 0.573 e. The lowest BCUT2D eigenvalue weighted by atomic mass is 10.1. The van der Waals surface area contributed by atoms with Crippen LogP contribution in [0.4, 0.5) is 13.2 Å². The summed E-state index contributed by atoms with van der Waals surface area (Å²) in [7, 11) is 0. The van der Waals surface area contributed by atoms with Gasteiger partial charge >= 0.3 is 6.36 Å². The van der Waals surface area contributed by atoms with Gasteiger partial charge in [-0.25, -0.2) is 9.97 Å². The van der Waals surface area contributed by atoms with Crippen LogP contribution in [0.1, 0.15) is 63.0 Å². The van der Waals surface area contributed by atoms with Crippen molar-refractivity contribution in [3.05, 3.63) is 72.1 Å². The Morgan fingerprint density at radius 1 is 0.706 bits per heavy atom. The third-order valence-electron chi connectivity index (χ3n) is 5.45. The van der Waals surface area contributed by atoms with E-state index in [-0.39, 0.29) is 12.4 Å². The quantitative estimate of drug-likeness (QED) is 0.237. The summed E-state index contributed by atoms with van der Waals surface area (Å²) in [6.07, 6.45) is 9.09. The summed E-state index contributed by atoms with van der Waals surface area (Å²) in [5.41, 5.74) is 2.78. The number of unbranched alkanes of at least 4 members (excludes halogenated alkanes) is 6. The molecule has 0 aliphatic heterocycles. The zero-order valence-corrected chi connectivity index (χ0v) is 19.5. The van der Waals surface area contributed by atoms with Crippen molar-refractivity contribution in [1.29, 1.82) is 0 Å². The van der Waals surface area contributed by atoms with E-state index < -0.39 is 6.36 Å². The van der Waals surface area contributed by atoms with Crippen LogP contribution < -0.4 is 9.47 Å². The van der Waals surface area contributed by atoms with E-state index in [2.05, 4.69) is 21.6 Å². The van der Waals surface area contributed by atoms with Crippen LogP contribution in [0.5, 0.6) is 11.5 Å². The van der Waals surface area contributed by atoms with E-state index in [0.29, 0.717) is 11.6 Å². The van der Waals surface area contributed by atoms with Gasteiger partial charge in [0.15, 0.2) is 5.82 Å². The summed E-state index contributed by atoms with van der Waals surface area (Å²) in [4.78, 5) is 9.00. The van der Waals surface area contributed by atoms with Crippen LogP contribution in [0.2, 0.25) is 0 Å². The second kappa shape index (κ2) is 13.0. The molecule has 0 spiro atoms. The Hall–Kier alpha value is -3.09. The summed E-state index contributed by atoms with van der Waals surface area (Å²) < 4.78 is 46.3.